The van der Waals surface area contributed by atoms with Crippen molar-refractivity contribution < 1.29 is 14.6 Å². The van der Waals surface area contributed by atoms with Gasteiger partial charge in [0.2, 0.25) is 0 Å². The molecule has 3 fully saturated rings. The van der Waals surface area contributed by atoms with Crippen molar-refractivity contribution in [1.82, 2.24) is 0 Å². The molecule has 0 aromatic rings. The Balaban J connectivity index is 1.40. The molecule has 1 heterocycles. The van der Waals surface area contributed by atoms with Crippen LogP contribution in [0, 0.1) is 23.7 Å². The molecule has 0 spiro atoms. The van der Waals surface area contributed by atoms with Crippen molar-refractivity contribution in [2.75, 3.05) is 7.11 Å². The summed E-state index contributed by atoms with van der Waals surface area (Å²) >= 11 is 0. The summed E-state index contributed by atoms with van der Waals surface area (Å²) in [5.41, 5.74) is 0. The van der Waals surface area contributed by atoms with Crippen molar-refractivity contribution in [2.24, 2.45) is 23.7 Å². The Hall–Kier alpha value is -0.120. The first-order valence-corrected chi connectivity index (χ1v) is 9.43. The maximum Gasteiger partial charge on any atom is 0.0844 e. The highest BCUT2D eigenvalue weighted by molar-refractivity contribution is 4.92. The van der Waals surface area contributed by atoms with E-state index in [0.29, 0.717) is 18.1 Å². The number of aliphatic hydroxyl groups excluding tert-OH is 1. The molecular weight excluding hydrogens is 276 g/mol. The largest absolute Gasteiger partial charge is 0.390 e. The van der Waals surface area contributed by atoms with Gasteiger partial charge in [-0.25, -0.2) is 0 Å². The summed E-state index contributed by atoms with van der Waals surface area (Å²) in [6.07, 6.45) is 10.8. The van der Waals surface area contributed by atoms with Crippen LogP contribution in [-0.2, 0) is 9.47 Å². The van der Waals surface area contributed by atoms with Crippen LogP contribution in [0.4, 0.5) is 0 Å². The van der Waals surface area contributed by atoms with E-state index in [-0.39, 0.29) is 12.2 Å². The van der Waals surface area contributed by atoms with Gasteiger partial charge in [0.25, 0.3) is 0 Å². The molecule has 1 N–H and O–H groups in total. The second-order valence-electron chi connectivity index (χ2n) is 8.34. The lowest BCUT2D eigenvalue weighted by Gasteiger charge is -2.35. The van der Waals surface area contributed by atoms with Crippen molar-refractivity contribution in [3.05, 3.63) is 0 Å². The van der Waals surface area contributed by atoms with Crippen LogP contribution in [0.3, 0.4) is 0 Å². The molecule has 2 saturated carbocycles. The summed E-state index contributed by atoms with van der Waals surface area (Å²) in [6.45, 7) is 4.85. The quantitative estimate of drug-likeness (QED) is 0.759. The minimum Gasteiger partial charge on any atom is -0.390 e. The molecule has 3 rings (SSSR count). The zero-order chi connectivity index (χ0) is 15.7. The number of fused-ring (bicyclic) bond motifs is 1. The van der Waals surface area contributed by atoms with Crippen LogP contribution in [0.2, 0.25) is 0 Å². The zero-order valence-electron chi connectivity index (χ0n) is 14.5. The summed E-state index contributed by atoms with van der Waals surface area (Å²) < 4.78 is 11.0. The standard InChI is InChI=1S/C19H34O3/c1-12(8-14-4-6-17(21-3)16(20)10-14)13(2)9-15-5-7-18-19(11-15)22-18/h12-20H,4-11H2,1-3H3. The third-order valence-electron chi connectivity index (χ3n) is 6.66. The van der Waals surface area contributed by atoms with Crippen LogP contribution < -0.4 is 0 Å². The molecular formula is C19H34O3. The molecule has 0 bridgehead atoms. The minimum absolute atomic E-state index is 0.0673. The van der Waals surface area contributed by atoms with Gasteiger partial charge in [-0.1, -0.05) is 13.8 Å². The van der Waals surface area contributed by atoms with Crippen LogP contribution in [0.1, 0.15) is 65.2 Å². The van der Waals surface area contributed by atoms with Gasteiger partial charge in [0.05, 0.1) is 24.4 Å². The Morgan fingerprint density at radius 3 is 2.18 bits per heavy atom. The van der Waals surface area contributed by atoms with Gasteiger partial charge in [-0.3, -0.25) is 0 Å². The van der Waals surface area contributed by atoms with E-state index in [4.69, 9.17) is 9.47 Å². The molecule has 8 unspecified atom stereocenters. The molecule has 0 radical (unpaired) electrons. The Bertz CT molecular complexity index is 359. The van der Waals surface area contributed by atoms with Crippen molar-refractivity contribution in [3.63, 3.8) is 0 Å². The summed E-state index contributed by atoms with van der Waals surface area (Å²) in [7, 11) is 1.72. The predicted molar refractivity (Wildman–Crippen MR) is 87.7 cm³/mol. The first-order chi connectivity index (χ1) is 10.6. The van der Waals surface area contributed by atoms with E-state index in [2.05, 4.69) is 13.8 Å². The molecule has 128 valence electrons. The molecule has 0 aromatic heterocycles. The Labute approximate surface area is 135 Å². The number of hydrogen-bond donors (Lipinski definition) is 1. The highest BCUT2D eigenvalue weighted by atomic mass is 16.6. The van der Waals surface area contributed by atoms with Crippen LogP contribution in [0.25, 0.3) is 0 Å². The second-order valence-corrected chi connectivity index (χ2v) is 8.34. The summed E-state index contributed by atoms with van der Waals surface area (Å²) in [4.78, 5) is 0. The number of epoxide rings is 1. The fourth-order valence-corrected chi connectivity index (χ4v) is 4.91. The lowest BCUT2D eigenvalue weighted by atomic mass is 9.74. The molecule has 1 aliphatic heterocycles. The van der Waals surface area contributed by atoms with E-state index in [1.54, 1.807) is 7.11 Å². The average Bonchev–Trinajstić information content (AvgIpc) is 3.26. The van der Waals surface area contributed by atoms with Gasteiger partial charge < -0.3 is 14.6 Å². The maximum absolute atomic E-state index is 10.1. The highest BCUT2D eigenvalue weighted by Gasteiger charge is 2.44. The molecule has 3 nitrogen and oxygen atoms in total. The van der Waals surface area contributed by atoms with Gasteiger partial charge in [-0.2, -0.15) is 0 Å². The van der Waals surface area contributed by atoms with Gasteiger partial charge in [0, 0.05) is 7.11 Å². The lowest BCUT2D eigenvalue weighted by molar-refractivity contribution is -0.0529. The Morgan fingerprint density at radius 1 is 0.955 bits per heavy atom. The SMILES string of the molecule is COC1CCC(CC(C)C(C)CC2CCC3OC3C2)CC1O. The van der Waals surface area contributed by atoms with Gasteiger partial charge in [0.15, 0.2) is 0 Å². The van der Waals surface area contributed by atoms with E-state index in [9.17, 15) is 5.11 Å². The van der Waals surface area contributed by atoms with Gasteiger partial charge >= 0.3 is 0 Å². The number of ether oxygens (including phenoxy) is 2. The van der Waals surface area contributed by atoms with Crippen molar-refractivity contribution in [2.45, 2.75) is 89.6 Å². The van der Waals surface area contributed by atoms with Crippen LogP contribution >= 0.6 is 0 Å². The third kappa shape index (κ3) is 4.04. The fourth-order valence-electron chi connectivity index (χ4n) is 4.91. The fraction of sp³-hybridized carbons (Fsp3) is 1.00. The highest BCUT2D eigenvalue weighted by Crippen LogP contribution is 2.43. The smallest absolute Gasteiger partial charge is 0.0844 e. The molecule has 22 heavy (non-hydrogen) atoms. The maximum atomic E-state index is 10.1. The summed E-state index contributed by atoms with van der Waals surface area (Å²) in [5, 5.41) is 10.1. The Kier molecular flexibility index (Phi) is 5.47. The number of rotatable bonds is 6. The molecule has 3 heteroatoms. The van der Waals surface area contributed by atoms with Crippen molar-refractivity contribution in [1.29, 1.82) is 0 Å². The molecule has 3 aliphatic rings. The predicted octanol–water partition coefficient (Wildman–Crippen LogP) is 3.78. The molecule has 1 saturated heterocycles. The van der Waals surface area contributed by atoms with Gasteiger partial charge in [-0.05, 0) is 75.0 Å². The molecule has 0 aromatic carbocycles. The van der Waals surface area contributed by atoms with E-state index in [1.165, 1.54) is 38.5 Å². The van der Waals surface area contributed by atoms with E-state index < -0.39 is 0 Å². The minimum atomic E-state index is -0.256. The molecule has 2 aliphatic carbocycles. The van der Waals surface area contributed by atoms with E-state index in [0.717, 1.165) is 30.6 Å². The number of methoxy groups -OCH3 is 1. The molecule has 0 amide bonds. The summed E-state index contributed by atoms with van der Waals surface area (Å²) in [6, 6.07) is 0. The van der Waals surface area contributed by atoms with Crippen molar-refractivity contribution in [3.8, 4) is 0 Å². The van der Waals surface area contributed by atoms with Crippen LogP contribution in [0.15, 0.2) is 0 Å². The topological polar surface area (TPSA) is 42.0 Å². The number of aliphatic hydroxyl groups is 1. The van der Waals surface area contributed by atoms with Crippen LogP contribution in [0.5, 0.6) is 0 Å². The normalized spacial score (nSPS) is 44.2. The lowest BCUT2D eigenvalue weighted by Crippen LogP contribution is -2.35. The number of hydrogen-bond acceptors (Lipinski definition) is 3. The summed E-state index contributed by atoms with van der Waals surface area (Å²) in [5.74, 6) is 3.11. The third-order valence-corrected chi connectivity index (χ3v) is 6.66. The van der Waals surface area contributed by atoms with Crippen LogP contribution in [-0.4, -0.2) is 36.6 Å². The molecule has 8 atom stereocenters. The Morgan fingerprint density at radius 2 is 1.59 bits per heavy atom. The van der Waals surface area contributed by atoms with Gasteiger partial charge in [-0.15, -0.1) is 0 Å². The van der Waals surface area contributed by atoms with Gasteiger partial charge in [0.1, 0.15) is 0 Å². The first-order valence-electron chi connectivity index (χ1n) is 9.43. The zero-order valence-corrected chi connectivity index (χ0v) is 14.5. The van der Waals surface area contributed by atoms with E-state index >= 15 is 0 Å². The second kappa shape index (κ2) is 7.19. The average molecular weight is 310 g/mol. The first kappa shape index (κ1) is 16.7. The van der Waals surface area contributed by atoms with E-state index in [1.807, 2.05) is 0 Å². The van der Waals surface area contributed by atoms with Crippen molar-refractivity contribution >= 4 is 0 Å². The monoisotopic (exact) mass is 310 g/mol.